The SMILES string of the molecule is COc1cccc(C(N)c2cccc(Cl)c2F)c1F. The molecular formula is C14H12ClF2NO. The minimum atomic E-state index is -0.950. The third-order valence-corrected chi connectivity index (χ3v) is 3.16. The topological polar surface area (TPSA) is 35.2 Å². The van der Waals surface area contributed by atoms with Gasteiger partial charge in [-0.2, -0.15) is 0 Å². The fourth-order valence-electron chi connectivity index (χ4n) is 1.85. The summed E-state index contributed by atoms with van der Waals surface area (Å²) in [5.74, 6) is -1.17. The summed E-state index contributed by atoms with van der Waals surface area (Å²) in [6.07, 6.45) is 0. The van der Waals surface area contributed by atoms with Crippen LogP contribution in [-0.2, 0) is 0 Å². The lowest BCUT2D eigenvalue weighted by atomic mass is 9.98. The van der Waals surface area contributed by atoms with Crippen LogP contribution in [0.2, 0.25) is 5.02 Å². The molecule has 2 nitrogen and oxygen atoms in total. The highest BCUT2D eigenvalue weighted by atomic mass is 35.5. The van der Waals surface area contributed by atoms with Crippen molar-refractivity contribution in [1.29, 1.82) is 0 Å². The van der Waals surface area contributed by atoms with Crippen molar-refractivity contribution in [3.05, 3.63) is 64.2 Å². The van der Waals surface area contributed by atoms with E-state index in [0.29, 0.717) is 0 Å². The average molecular weight is 284 g/mol. The van der Waals surface area contributed by atoms with Gasteiger partial charge in [0.2, 0.25) is 0 Å². The first kappa shape index (κ1) is 13.8. The molecule has 0 fully saturated rings. The van der Waals surface area contributed by atoms with Gasteiger partial charge in [-0.1, -0.05) is 35.9 Å². The van der Waals surface area contributed by atoms with E-state index in [1.807, 2.05) is 0 Å². The van der Waals surface area contributed by atoms with Crippen LogP contribution in [0.1, 0.15) is 17.2 Å². The van der Waals surface area contributed by atoms with Gasteiger partial charge in [-0.3, -0.25) is 0 Å². The van der Waals surface area contributed by atoms with E-state index in [2.05, 4.69) is 0 Å². The van der Waals surface area contributed by atoms with E-state index in [1.54, 1.807) is 12.1 Å². The molecule has 100 valence electrons. The van der Waals surface area contributed by atoms with Crippen molar-refractivity contribution in [3.63, 3.8) is 0 Å². The van der Waals surface area contributed by atoms with Crippen LogP contribution in [-0.4, -0.2) is 7.11 Å². The van der Waals surface area contributed by atoms with Crippen molar-refractivity contribution in [3.8, 4) is 5.75 Å². The molecule has 0 saturated carbocycles. The number of benzene rings is 2. The summed E-state index contributed by atoms with van der Waals surface area (Å²) in [4.78, 5) is 0. The van der Waals surface area contributed by atoms with Gasteiger partial charge in [0.1, 0.15) is 5.82 Å². The van der Waals surface area contributed by atoms with Gasteiger partial charge in [-0.15, -0.1) is 0 Å². The highest BCUT2D eigenvalue weighted by molar-refractivity contribution is 6.30. The highest BCUT2D eigenvalue weighted by Gasteiger charge is 2.20. The summed E-state index contributed by atoms with van der Waals surface area (Å²) in [7, 11) is 1.35. The van der Waals surface area contributed by atoms with Crippen LogP contribution in [0.25, 0.3) is 0 Å². The van der Waals surface area contributed by atoms with Crippen LogP contribution in [0.3, 0.4) is 0 Å². The molecule has 1 unspecified atom stereocenters. The molecule has 1 atom stereocenters. The van der Waals surface area contributed by atoms with Gasteiger partial charge in [0.25, 0.3) is 0 Å². The molecule has 0 spiro atoms. The van der Waals surface area contributed by atoms with Crippen molar-refractivity contribution in [1.82, 2.24) is 0 Å². The fourth-order valence-corrected chi connectivity index (χ4v) is 2.04. The smallest absolute Gasteiger partial charge is 0.170 e. The van der Waals surface area contributed by atoms with Gasteiger partial charge in [0.15, 0.2) is 11.6 Å². The van der Waals surface area contributed by atoms with Gasteiger partial charge >= 0.3 is 0 Å². The molecule has 0 aliphatic heterocycles. The maximum absolute atomic E-state index is 14.1. The quantitative estimate of drug-likeness (QED) is 0.933. The fraction of sp³-hybridized carbons (Fsp3) is 0.143. The van der Waals surface area contributed by atoms with Gasteiger partial charge in [0.05, 0.1) is 18.2 Å². The average Bonchev–Trinajstić information content (AvgIpc) is 2.41. The normalized spacial score (nSPS) is 12.3. The first-order chi connectivity index (χ1) is 9.06. The molecule has 19 heavy (non-hydrogen) atoms. The lowest BCUT2D eigenvalue weighted by Crippen LogP contribution is -2.15. The van der Waals surface area contributed by atoms with Crippen LogP contribution >= 0.6 is 11.6 Å². The maximum Gasteiger partial charge on any atom is 0.170 e. The largest absolute Gasteiger partial charge is 0.494 e. The number of hydrogen-bond donors (Lipinski definition) is 1. The molecule has 2 N–H and O–H groups in total. The predicted octanol–water partition coefficient (Wildman–Crippen LogP) is 3.67. The van der Waals surface area contributed by atoms with Crippen LogP contribution in [0.4, 0.5) is 8.78 Å². The second kappa shape index (κ2) is 5.55. The number of halogens is 3. The van der Waals surface area contributed by atoms with E-state index >= 15 is 0 Å². The Labute approximate surface area is 114 Å². The van der Waals surface area contributed by atoms with E-state index in [9.17, 15) is 8.78 Å². The van der Waals surface area contributed by atoms with Gasteiger partial charge in [-0.05, 0) is 12.1 Å². The summed E-state index contributed by atoms with van der Waals surface area (Å²) in [6.45, 7) is 0. The van der Waals surface area contributed by atoms with Gasteiger partial charge in [-0.25, -0.2) is 8.78 Å². The zero-order valence-corrected chi connectivity index (χ0v) is 10.9. The first-order valence-electron chi connectivity index (χ1n) is 5.58. The molecule has 0 aliphatic carbocycles. The summed E-state index contributed by atoms with van der Waals surface area (Å²) in [6, 6.07) is 8.06. The van der Waals surface area contributed by atoms with Crippen molar-refractivity contribution >= 4 is 11.6 Å². The molecule has 0 amide bonds. The molecular weight excluding hydrogens is 272 g/mol. The second-order valence-corrected chi connectivity index (χ2v) is 4.39. The van der Waals surface area contributed by atoms with E-state index < -0.39 is 17.7 Å². The third kappa shape index (κ3) is 2.55. The number of hydrogen-bond acceptors (Lipinski definition) is 2. The van der Waals surface area contributed by atoms with Gasteiger partial charge < -0.3 is 10.5 Å². The van der Waals surface area contributed by atoms with E-state index in [1.165, 1.54) is 31.4 Å². The van der Waals surface area contributed by atoms with E-state index in [4.69, 9.17) is 22.1 Å². The number of nitrogens with two attached hydrogens (primary N) is 1. The Kier molecular flexibility index (Phi) is 4.02. The second-order valence-electron chi connectivity index (χ2n) is 3.98. The van der Waals surface area contributed by atoms with E-state index in [-0.39, 0.29) is 21.9 Å². The molecule has 0 radical (unpaired) electrons. The Bertz CT molecular complexity index is 604. The van der Waals surface area contributed by atoms with Crippen LogP contribution < -0.4 is 10.5 Å². The zero-order chi connectivity index (χ0) is 14.0. The first-order valence-corrected chi connectivity index (χ1v) is 5.96. The van der Waals surface area contributed by atoms with Crippen molar-refractivity contribution in [2.75, 3.05) is 7.11 Å². The number of rotatable bonds is 3. The van der Waals surface area contributed by atoms with E-state index in [0.717, 1.165) is 0 Å². The molecule has 0 aromatic heterocycles. The molecule has 0 aliphatic rings. The number of methoxy groups -OCH3 is 1. The molecule has 0 heterocycles. The Hall–Kier alpha value is -1.65. The zero-order valence-electron chi connectivity index (χ0n) is 10.2. The molecule has 2 rings (SSSR count). The molecule has 0 bridgehead atoms. The molecule has 5 heteroatoms. The lowest BCUT2D eigenvalue weighted by molar-refractivity contribution is 0.383. The summed E-state index contributed by atoms with van der Waals surface area (Å²) < 4.78 is 32.8. The lowest BCUT2D eigenvalue weighted by Gasteiger charge is -2.16. The predicted molar refractivity (Wildman–Crippen MR) is 70.4 cm³/mol. The Morgan fingerprint density at radius 1 is 1.05 bits per heavy atom. The molecule has 0 saturated heterocycles. The van der Waals surface area contributed by atoms with Crippen molar-refractivity contribution in [2.24, 2.45) is 5.73 Å². The summed E-state index contributed by atoms with van der Waals surface area (Å²) in [5, 5.41) is -0.0451. The summed E-state index contributed by atoms with van der Waals surface area (Å²) in [5.41, 5.74) is 6.21. The Morgan fingerprint density at radius 3 is 2.26 bits per heavy atom. The van der Waals surface area contributed by atoms with Crippen LogP contribution in [0, 0.1) is 11.6 Å². The minimum Gasteiger partial charge on any atom is -0.494 e. The van der Waals surface area contributed by atoms with Crippen molar-refractivity contribution < 1.29 is 13.5 Å². The molecule has 2 aromatic rings. The highest BCUT2D eigenvalue weighted by Crippen LogP contribution is 2.30. The Morgan fingerprint density at radius 2 is 1.63 bits per heavy atom. The minimum absolute atomic E-state index is 0.0451. The van der Waals surface area contributed by atoms with Gasteiger partial charge in [0, 0.05) is 11.1 Å². The van der Waals surface area contributed by atoms with Crippen LogP contribution in [0.15, 0.2) is 36.4 Å². The van der Waals surface area contributed by atoms with Crippen molar-refractivity contribution in [2.45, 2.75) is 6.04 Å². The Balaban J connectivity index is 2.50. The molecule has 2 aromatic carbocycles. The number of ether oxygens (including phenoxy) is 1. The maximum atomic E-state index is 14.1. The standard InChI is InChI=1S/C14H12ClF2NO/c1-19-11-7-3-5-9(13(11)17)14(18)8-4-2-6-10(15)12(8)16/h2-7,14H,18H2,1H3. The monoisotopic (exact) mass is 283 g/mol. The summed E-state index contributed by atoms with van der Waals surface area (Å²) >= 11 is 5.69. The van der Waals surface area contributed by atoms with Crippen LogP contribution in [0.5, 0.6) is 5.75 Å². The third-order valence-electron chi connectivity index (χ3n) is 2.86.